The van der Waals surface area contributed by atoms with Gasteiger partial charge in [-0.25, -0.2) is 0 Å². The number of benzene rings is 2. The monoisotopic (exact) mass is 332 g/mol. The third-order valence-corrected chi connectivity index (χ3v) is 3.41. The van der Waals surface area contributed by atoms with E-state index in [0.29, 0.717) is 6.54 Å². The average molecular weight is 333 g/mol. The van der Waals surface area contributed by atoms with Crippen LogP contribution in [0.4, 0.5) is 5.69 Å². The van der Waals surface area contributed by atoms with E-state index < -0.39 is 0 Å². The van der Waals surface area contributed by atoms with Crippen molar-refractivity contribution >= 4 is 27.5 Å². The molecule has 0 aromatic heterocycles. The molecule has 0 bridgehead atoms. The summed E-state index contributed by atoms with van der Waals surface area (Å²) in [6, 6.07) is 16.0. The average Bonchev–Trinajstić information content (AvgIpc) is 2.42. The molecule has 0 aliphatic heterocycles. The van der Waals surface area contributed by atoms with Crippen LogP contribution in [0.1, 0.15) is 18.1 Å². The molecule has 4 heteroatoms. The van der Waals surface area contributed by atoms with E-state index >= 15 is 0 Å². The predicted molar refractivity (Wildman–Crippen MR) is 85.4 cm³/mol. The maximum Gasteiger partial charge on any atom is 0.221 e. The van der Waals surface area contributed by atoms with Gasteiger partial charge in [0.25, 0.3) is 0 Å². The van der Waals surface area contributed by atoms with E-state index in [-0.39, 0.29) is 5.91 Å². The highest BCUT2D eigenvalue weighted by Crippen LogP contribution is 2.15. The molecule has 104 valence electrons. The Hall–Kier alpha value is -1.65. The lowest BCUT2D eigenvalue weighted by Crippen LogP contribution is -2.15. The topological polar surface area (TPSA) is 41.1 Å². The molecule has 0 heterocycles. The van der Waals surface area contributed by atoms with E-state index in [2.05, 4.69) is 38.7 Å². The molecule has 0 radical (unpaired) electrons. The number of carbonyl (C=O) groups excluding carboxylic acids is 1. The zero-order valence-electron chi connectivity index (χ0n) is 11.3. The van der Waals surface area contributed by atoms with Crippen LogP contribution in [0.25, 0.3) is 0 Å². The standard InChI is InChI=1S/C16H17BrN2O/c1-12(20)19-16-5-3-2-4-14(16)11-18-10-13-6-8-15(17)9-7-13/h2-9,18H,10-11H2,1H3,(H,19,20). The number of amides is 1. The van der Waals surface area contributed by atoms with Crippen molar-refractivity contribution in [3.8, 4) is 0 Å². The van der Waals surface area contributed by atoms with E-state index in [1.54, 1.807) is 0 Å². The van der Waals surface area contributed by atoms with Crippen molar-refractivity contribution in [3.63, 3.8) is 0 Å². The van der Waals surface area contributed by atoms with Crippen LogP contribution in [0.15, 0.2) is 53.0 Å². The van der Waals surface area contributed by atoms with E-state index in [9.17, 15) is 4.79 Å². The Morgan fingerprint density at radius 3 is 2.45 bits per heavy atom. The van der Waals surface area contributed by atoms with Crippen LogP contribution in [-0.4, -0.2) is 5.91 Å². The minimum Gasteiger partial charge on any atom is -0.326 e. The van der Waals surface area contributed by atoms with Crippen LogP contribution in [0.5, 0.6) is 0 Å². The first-order valence-electron chi connectivity index (χ1n) is 6.46. The lowest BCUT2D eigenvalue weighted by molar-refractivity contribution is -0.114. The second kappa shape index (κ2) is 7.22. The van der Waals surface area contributed by atoms with Gasteiger partial charge in [-0.3, -0.25) is 4.79 Å². The Labute approximate surface area is 127 Å². The van der Waals surface area contributed by atoms with Gasteiger partial charge in [0.05, 0.1) is 0 Å². The molecular formula is C16H17BrN2O. The van der Waals surface area contributed by atoms with Crippen molar-refractivity contribution in [3.05, 3.63) is 64.1 Å². The number of carbonyl (C=O) groups is 1. The summed E-state index contributed by atoms with van der Waals surface area (Å²) in [6.07, 6.45) is 0. The summed E-state index contributed by atoms with van der Waals surface area (Å²) in [5.41, 5.74) is 3.17. The Balaban J connectivity index is 1.93. The summed E-state index contributed by atoms with van der Waals surface area (Å²) in [7, 11) is 0. The summed E-state index contributed by atoms with van der Waals surface area (Å²) in [4.78, 5) is 11.2. The number of rotatable bonds is 5. The fourth-order valence-electron chi connectivity index (χ4n) is 1.93. The van der Waals surface area contributed by atoms with Crippen LogP contribution in [0.3, 0.4) is 0 Å². The van der Waals surface area contributed by atoms with Crippen LogP contribution in [0.2, 0.25) is 0 Å². The first-order valence-corrected chi connectivity index (χ1v) is 7.25. The molecule has 2 aromatic carbocycles. The lowest BCUT2D eigenvalue weighted by Gasteiger charge is -2.11. The van der Waals surface area contributed by atoms with Crippen molar-refractivity contribution in [2.75, 3.05) is 5.32 Å². The lowest BCUT2D eigenvalue weighted by atomic mass is 10.1. The third kappa shape index (κ3) is 4.47. The van der Waals surface area contributed by atoms with Crippen LogP contribution in [0, 0.1) is 0 Å². The van der Waals surface area contributed by atoms with E-state index in [1.165, 1.54) is 12.5 Å². The molecule has 0 atom stereocenters. The number of nitrogens with one attached hydrogen (secondary N) is 2. The van der Waals surface area contributed by atoms with Gasteiger partial charge in [-0.1, -0.05) is 46.3 Å². The smallest absolute Gasteiger partial charge is 0.221 e. The maximum absolute atomic E-state index is 11.2. The number of anilines is 1. The van der Waals surface area contributed by atoms with Gasteiger partial charge in [0.1, 0.15) is 0 Å². The van der Waals surface area contributed by atoms with Gasteiger partial charge in [0.15, 0.2) is 0 Å². The Kier molecular flexibility index (Phi) is 5.32. The van der Waals surface area contributed by atoms with Gasteiger partial charge in [0, 0.05) is 30.2 Å². The van der Waals surface area contributed by atoms with Gasteiger partial charge < -0.3 is 10.6 Å². The molecular weight excluding hydrogens is 316 g/mol. The fourth-order valence-corrected chi connectivity index (χ4v) is 2.19. The normalized spacial score (nSPS) is 10.3. The SMILES string of the molecule is CC(=O)Nc1ccccc1CNCc1ccc(Br)cc1. The van der Waals surface area contributed by atoms with Crippen molar-refractivity contribution in [1.29, 1.82) is 0 Å². The number of halogens is 1. The van der Waals surface area contributed by atoms with Crippen molar-refractivity contribution in [2.24, 2.45) is 0 Å². The Bertz CT molecular complexity index is 581. The molecule has 20 heavy (non-hydrogen) atoms. The summed E-state index contributed by atoms with van der Waals surface area (Å²) >= 11 is 3.42. The number of hydrogen-bond acceptors (Lipinski definition) is 2. The molecule has 2 N–H and O–H groups in total. The van der Waals surface area contributed by atoms with E-state index in [1.807, 2.05) is 36.4 Å². The fraction of sp³-hybridized carbons (Fsp3) is 0.188. The first-order chi connectivity index (χ1) is 9.65. The van der Waals surface area contributed by atoms with Crippen LogP contribution in [-0.2, 0) is 17.9 Å². The number of para-hydroxylation sites is 1. The van der Waals surface area contributed by atoms with Gasteiger partial charge in [-0.15, -0.1) is 0 Å². The summed E-state index contributed by atoms with van der Waals surface area (Å²) in [5.74, 6) is -0.0506. The molecule has 0 saturated carbocycles. The quantitative estimate of drug-likeness (QED) is 0.876. The Morgan fingerprint density at radius 1 is 1.05 bits per heavy atom. The molecule has 0 fully saturated rings. The van der Waals surface area contributed by atoms with E-state index in [4.69, 9.17) is 0 Å². The molecule has 2 rings (SSSR count). The predicted octanol–water partition coefficient (Wildman–Crippen LogP) is 3.70. The molecule has 0 spiro atoms. The molecule has 0 aliphatic carbocycles. The largest absolute Gasteiger partial charge is 0.326 e. The summed E-state index contributed by atoms with van der Waals surface area (Å²) in [6.45, 7) is 3.03. The summed E-state index contributed by atoms with van der Waals surface area (Å²) in [5, 5.41) is 6.23. The van der Waals surface area contributed by atoms with Crippen molar-refractivity contribution < 1.29 is 4.79 Å². The highest BCUT2D eigenvalue weighted by atomic mass is 79.9. The van der Waals surface area contributed by atoms with Crippen LogP contribution >= 0.6 is 15.9 Å². The second-order valence-corrected chi connectivity index (χ2v) is 5.48. The highest BCUT2D eigenvalue weighted by Gasteiger charge is 2.02. The van der Waals surface area contributed by atoms with Gasteiger partial charge in [-0.2, -0.15) is 0 Å². The molecule has 3 nitrogen and oxygen atoms in total. The summed E-state index contributed by atoms with van der Waals surface area (Å²) < 4.78 is 1.08. The third-order valence-electron chi connectivity index (χ3n) is 2.89. The highest BCUT2D eigenvalue weighted by molar-refractivity contribution is 9.10. The molecule has 0 saturated heterocycles. The zero-order valence-corrected chi connectivity index (χ0v) is 12.9. The minimum absolute atomic E-state index is 0.0506. The molecule has 1 amide bonds. The Morgan fingerprint density at radius 2 is 1.75 bits per heavy atom. The van der Waals surface area contributed by atoms with Gasteiger partial charge >= 0.3 is 0 Å². The number of hydrogen-bond donors (Lipinski definition) is 2. The van der Waals surface area contributed by atoms with Crippen molar-refractivity contribution in [2.45, 2.75) is 20.0 Å². The first kappa shape index (κ1) is 14.8. The molecule has 0 aliphatic rings. The van der Waals surface area contributed by atoms with Gasteiger partial charge in [-0.05, 0) is 29.3 Å². The minimum atomic E-state index is -0.0506. The second-order valence-electron chi connectivity index (χ2n) is 4.57. The van der Waals surface area contributed by atoms with E-state index in [0.717, 1.165) is 22.3 Å². The van der Waals surface area contributed by atoms with Crippen molar-refractivity contribution in [1.82, 2.24) is 5.32 Å². The molecule has 2 aromatic rings. The maximum atomic E-state index is 11.2. The van der Waals surface area contributed by atoms with Gasteiger partial charge in [0.2, 0.25) is 5.91 Å². The molecule has 0 unspecified atom stereocenters. The zero-order chi connectivity index (χ0) is 14.4. The van der Waals surface area contributed by atoms with Crippen LogP contribution < -0.4 is 10.6 Å².